The number of amides is 2. The highest BCUT2D eigenvalue weighted by molar-refractivity contribution is 9.10. The van der Waals surface area contributed by atoms with E-state index in [1.165, 1.54) is 47.4 Å². The Balaban J connectivity index is 1.70. The fourth-order valence-electron chi connectivity index (χ4n) is 2.71. The first-order chi connectivity index (χ1) is 12.3. The molecule has 0 radical (unpaired) electrons. The van der Waals surface area contributed by atoms with Gasteiger partial charge in [0, 0.05) is 35.3 Å². The number of anilines is 2. The van der Waals surface area contributed by atoms with E-state index in [0.717, 1.165) is 0 Å². The molecule has 1 N–H and O–H groups in total. The topological polar surface area (TPSA) is 92.5 Å². The maximum absolute atomic E-state index is 13.0. The van der Waals surface area contributed by atoms with E-state index in [4.69, 9.17) is 0 Å². The van der Waals surface area contributed by atoms with Gasteiger partial charge in [0.1, 0.15) is 5.82 Å². The highest BCUT2D eigenvalue weighted by Crippen LogP contribution is 2.30. The largest absolute Gasteiger partial charge is 0.325 e. The molecule has 3 rings (SSSR count). The van der Waals surface area contributed by atoms with Gasteiger partial charge in [0.2, 0.25) is 11.8 Å². The molecule has 0 saturated carbocycles. The van der Waals surface area contributed by atoms with E-state index >= 15 is 0 Å². The van der Waals surface area contributed by atoms with Gasteiger partial charge in [0.15, 0.2) is 0 Å². The molecule has 2 aromatic rings. The Kier molecular flexibility index (Phi) is 4.99. The van der Waals surface area contributed by atoms with Crippen molar-refractivity contribution in [1.29, 1.82) is 0 Å². The Bertz CT molecular complexity index is 888. The summed E-state index contributed by atoms with van der Waals surface area (Å²) < 4.78 is 13.4. The summed E-state index contributed by atoms with van der Waals surface area (Å²) in [6.45, 7) is 0.181. The summed E-state index contributed by atoms with van der Waals surface area (Å²) in [5.74, 6) is -1.57. The number of hydrogen-bond acceptors (Lipinski definition) is 4. The second kappa shape index (κ2) is 7.20. The SMILES string of the molecule is O=C(Nc1ccc([N+](=O)[O-])cc1Br)[C@@H]1CC(=O)N(c2ccc(F)cc2)C1. The number of halogens is 2. The molecule has 1 aliphatic rings. The fourth-order valence-corrected chi connectivity index (χ4v) is 3.17. The number of benzene rings is 2. The van der Waals surface area contributed by atoms with Crippen LogP contribution in [-0.2, 0) is 9.59 Å². The molecule has 2 aromatic carbocycles. The molecule has 7 nitrogen and oxygen atoms in total. The van der Waals surface area contributed by atoms with E-state index in [9.17, 15) is 24.1 Å². The van der Waals surface area contributed by atoms with Crippen molar-refractivity contribution in [2.24, 2.45) is 5.92 Å². The number of carbonyl (C=O) groups is 2. The van der Waals surface area contributed by atoms with Crippen LogP contribution in [0.1, 0.15) is 6.42 Å². The number of nitrogens with zero attached hydrogens (tertiary/aromatic N) is 2. The van der Waals surface area contributed by atoms with Crippen molar-refractivity contribution in [3.05, 3.63) is 62.9 Å². The molecule has 1 fully saturated rings. The number of nitro benzene ring substituents is 1. The monoisotopic (exact) mass is 421 g/mol. The quantitative estimate of drug-likeness (QED) is 0.603. The third-order valence-corrected chi connectivity index (χ3v) is 4.71. The van der Waals surface area contributed by atoms with E-state index < -0.39 is 16.7 Å². The molecule has 1 aliphatic heterocycles. The first-order valence-electron chi connectivity index (χ1n) is 7.66. The van der Waals surface area contributed by atoms with Crippen LogP contribution in [-0.4, -0.2) is 23.3 Å². The van der Waals surface area contributed by atoms with E-state index in [-0.39, 0.29) is 30.5 Å². The van der Waals surface area contributed by atoms with Crippen LogP contribution in [0, 0.1) is 21.8 Å². The first kappa shape index (κ1) is 18.0. The standard InChI is InChI=1S/C17H13BrFN3O4/c18-14-8-13(22(25)26)5-6-15(14)20-17(24)10-7-16(23)21(9-10)12-3-1-11(19)2-4-12/h1-6,8,10H,7,9H2,(H,20,24)/t10-/m1/s1. The third kappa shape index (κ3) is 3.72. The fraction of sp³-hybridized carbons (Fsp3) is 0.176. The molecular weight excluding hydrogens is 409 g/mol. The van der Waals surface area contributed by atoms with E-state index in [1.54, 1.807) is 0 Å². The summed E-state index contributed by atoms with van der Waals surface area (Å²) in [4.78, 5) is 36.3. The predicted molar refractivity (Wildman–Crippen MR) is 96.3 cm³/mol. The number of nitrogens with one attached hydrogen (secondary N) is 1. The molecule has 134 valence electrons. The lowest BCUT2D eigenvalue weighted by Crippen LogP contribution is -2.28. The Hall–Kier alpha value is -2.81. The Morgan fingerprint density at radius 3 is 2.58 bits per heavy atom. The van der Waals surface area contributed by atoms with Crippen LogP contribution < -0.4 is 10.2 Å². The van der Waals surface area contributed by atoms with Gasteiger partial charge < -0.3 is 10.2 Å². The average Bonchev–Trinajstić information content (AvgIpc) is 2.99. The van der Waals surface area contributed by atoms with Gasteiger partial charge in [-0.05, 0) is 46.3 Å². The van der Waals surface area contributed by atoms with Crippen molar-refractivity contribution in [3.8, 4) is 0 Å². The zero-order valence-corrected chi connectivity index (χ0v) is 14.9. The van der Waals surface area contributed by atoms with Crippen LogP contribution in [0.15, 0.2) is 46.9 Å². The first-order valence-corrected chi connectivity index (χ1v) is 8.45. The molecule has 0 unspecified atom stereocenters. The van der Waals surface area contributed by atoms with Crippen molar-refractivity contribution in [2.45, 2.75) is 6.42 Å². The van der Waals surface area contributed by atoms with Crippen LogP contribution >= 0.6 is 15.9 Å². The minimum Gasteiger partial charge on any atom is -0.325 e. The summed E-state index contributed by atoms with van der Waals surface area (Å²) in [5.41, 5.74) is 0.810. The minimum atomic E-state index is -0.574. The molecule has 1 atom stereocenters. The number of non-ortho nitro benzene ring substituents is 1. The lowest BCUT2D eigenvalue weighted by molar-refractivity contribution is -0.384. The van der Waals surface area contributed by atoms with Crippen molar-refractivity contribution >= 4 is 44.8 Å². The van der Waals surface area contributed by atoms with Crippen LogP contribution in [0.25, 0.3) is 0 Å². The molecule has 2 amide bonds. The zero-order chi connectivity index (χ0) is 18.8. The number of nitro groups is 1. The maximum Gasteiger partial charge on any atom is 0.270 e. The van der Waals surface area contributed by atoms with Crippen molar-refractivity contribution in [1.82, 2.24) is 0 Å². The number of carbonyl (C=O) groups excluding carboxylic acids is 2. The molecule has 9 heteroatoms. The van der Waals surface area contributed by atoms with Crippen molar-refractivity contribution in [2.75, 3.05) is 16.8 Å². The van der Waals surface area contributed by atoms with Gasteiger partial charge in [0.05, 0.1) is 16.5 Å². The van der Waals surface area contributed by atoms with E-state index in [1.807, 2.05) is 0 Å². The van der Waals surface area contributed by atoms with Gasteiger partial charge in [-0.25, -0.2) is 4.39 Å². The molecule has 1 saturated heterocycles. The van der Waals surface area contributed by atoms with Gasteiger partial charge in [-0.2, -0.15) is 0 Å². The van der Waals surface area contributed by atoms with E-state index in [2.05, 4.69) is 21.2 Å². The Morgan fingerprint density at radius 2 is 1.96 bits per heavy atom. The highest BCUT2D eigenvalue weighted by Gasteiger charge is 2.35. The second-order valence-corrected chi connectivity index (χ2v) is 6.65. The molecule has 26 heavy (non-hydrogen) atoms. The van der Waals surface area contributed by atoms with Gasteiger partial charge in [0.25, 0.3) is 5.69 Å². The van der Waals surface area contributed by atoms with Crippen LogP contribution in [0.2, 0.25) is 0 Å². The molecule has 0 spiro atoms. The Morgan fingerprint density at radius 1 is 1.27 bits per heavy atom. The summed E-state index contributed by atoms with van der Waals surface area (Å²) in [7, 11) is 0. The van der Waals surface area contributed by atoms with Crippen molar-refractivity contribution in [3.63, 3.8) is 0 Å². The smallest absolute Gasteiger partial charge is 0.270 e. The number of hydrogen-bond donors (Lipinski definition) is 1. The maximum atomic E-state index is 13.0. The lowest BCUT2D eigenvalue weighted by atomic mass is 10.1. The number of rotatable bonds is 4. The Labute approximate surface area is 156 Å². The average molecular weight is 422 g/mol. The van der Waals surface area contributed by atoms with Crippen LogP contribution in [0.3, 0.4) is 0 Å². The second-order valence-electron chi connectivity index (χ2n) is 5.79. The predicted octanol–water partition coefficient (Wildman–Crippen LogP) is 3.49. The van der Waals surface area contributed by atoms with Gasteiger partial charge >= 0.3 is 0 Å². The molecule has 0 aromatic heterocycles. The third-order valence-electron chi connectivity index (χ3n) is 4.06. The van der Waals surface area contributed by atoms with E-state index in [0.29, 0.717) is 15.8 Å². The van der Waals surface area contributed by atoms with Crippen LogP contribution in [0.4, 0.5) is 21.5 Å². The van der Waals surface area contributed by atoms with Gasteiger partial charge in [-0.15, -0.1) is 0 Å². The minimum absolute atomic E-state index is 0.0355. The molecule has 0 bridgehead atoms. The lowest BCUT2D eigenvalue weighted by Gasteiger charge is -2.16. The zero-order valence-electron chi connectivity index (χ0n) is 13.3. The van der Waals surface area contributed by atoms with Crippen molar-refractivity contribution < 1.29 is 18.9 Å². The van der Waals surface area contributed by atoms with Gasteiger partial charge in [-0.1, -0.05) is 0 Å². The summed E-state index contributed by atoms with van der Waals surface area (Å²) in [5, 5.41) is 13.4. The summed E-state index contributed by atoms with van der Waals surface area (Å²) in [6, 6.07) is 9.48. The summed E-state index contributed by atoms with van der Waals surface area (Å²) >= 11 is 3.19. The van der Waals surface area contributed by atoms with Gasteiger partial charge in [-0.3, -0.25) is 19.7 Å². The van der Waals surface area contributed by atoms with Crippen LogP contribution in [0.5, 0.6) is 0 Å². The molecule has 1 heterocycles. The summed E-state index contributed by atoms with van der Waals surface area (Å²) in [6.07, 6.45) is 0.0355. The highest BCUT2D eigenvalue weighted by atomic mass is 79.9. The normalized spacial score (nSPS) is 16.6. The molecular formula is C17H13BrFN3O4. The molecule has 0 aliphatic carbocycles.